The molecular weight excluding hydrogens is 362 g/mol. The summed E-state index contributed by atoms with van der Waals surface area (Å²) in [4.78, 5) is 28.3. The molecule has 2 fully saturated rings. The van der Waals surface area contributed by atoms with Crippen LogP contribution in [0.15, 0.2) is 36.8 Å². The molecule has 0 spiro atoms. The minimum atomic E-state index is 0.290. The summed E-state index contributed by atoms with van der Waals surface area (Å²) in [5.74, 6) is 0.290. The van der Waals surface area contributed by atoms with Gasteiger partial charge in [0.2, 0.25) is 5.91 Å². The summed E-state index contributed by atoms with van der Waals surface area (Å²) in [5.41, 5.74) is 4.72. The lowest BCUT2D eigenvalue weighted by molar-refractivity contribution is -0.135. The highest BCUT2D eigenvalue weighted by Gasteiger charge is 2.30. The zero-order valence-corrected chi connectivity index (χ0v) is 17.0. The molecule has 2 aromatic rings. The summed E-state index contributed by atoms with van der Waals surface area (Å²) in [7, 11) is 0. The molecule has 1 aromatic heterocycles. The number of rotatable bonds is 4. The first-order chi connectivity index (χ1) is 14.3. The van der Waals surface area contributed by atoms with Crippen LogP contribution in [0.5, 0.6) is 0 Å². The van der Waals surface area contributed by atoms with Crippen LogP contribution in [0.3, 0.4) is 0 Å². The van der Waals surface area contributed by atoms with E-state index in [0.717, 1.165) is 63.0 Å². The average Bonchev–Trinajstić information content (AvgIpc) is 2.73. The second-order valence-corrected chi connectivity index (χ2v) is 8.54. The Morgan fingerprint density at radius 2 is 1.90 bits per heavy atom. The molecule has 6 heteroatoms. The molecule has 2 aliphatic heterocycles. The van der Waals surface area contributed by atoms with Crippen LogP contribution in [-0.2, 0) is 17.8 Å². The quantitative estimate of drug-likeness (QED) is 0.800. The minimum absolute atomic E-state index is 0.290. The van der Waals surface area contributed by atoms with Gasteiger partial charge in [-0.25, -0.2) is 0 Å². The number of hydrogen-bond acceptors (Lipinski definition) is 5. The second-order valence-electron chi connectivity index (χ2n) is 8.54. The fourth-order valence-corrected chi connectivity index (χ4v) is 4.73. The van der Waals surface area contributed by atoms with Crippen LogP contribution in [-0.4, -0.2) is 75.9 Å². The Bertz CT molecular complexity index is 859. The molecule has 1 saturated heterocycles. The molecule has 0 unspecified atom stereocenters. The number of benzene rings is 1. The van der Waals surface area contributed by atoms with Crippen molar-refractivity contribution in [2.45, 2.75) is 38.3 Å². The van der Waals surface area contributed by atoms with Gasteiger partial charge in [0.25, 0.3) is 0 Å². The molecule has 1 amide bonds. The summed E-state index contributed by atoms with van der Waals surface area (Å²) < 4.78 is 0. The normalized spacial score (nSPS) is 20.9. The van der Waals surface area contributed by atoms with Crippen LogP contribution in [0.4, 0.5) is 0 Å². The van der Waals surface area contributed by atoms with Crippen LogP contribution in [0, 0.1) is 0 Å². The second kappa shape index (κ2) is 8.20. The van der Waals surface area contributed by atoms with Gasteiger partial charge >= 0.3 is 0 Å². The number of piperazine rings is 1. The zero-order valence-electron chi connectivity index (χ0n) is 17.0. The molecule has 3 heterocycles. The molecule has 6 nitrogen and oxygen atoms in total. The highest BCUT2D eigenvalue weighted by atomic mass is 16.2. The predicted molar refractivity (Wildman–Crippen MR) is 112 cm³/mol. The number of hydrogen-bond donors (Lipinski definition) is 0. The lowest BCUT2D eigenvalue weighted by Gasteiger charge is -2.43. The van der Waals surface area contributed by atoms with Crippen LogP contribution in [0.2, 0.25) is 0 Å². The third kappa shape index (κ3) is 4.05. The van der Waals surface area contributed by atoms with E-state index < -0.39 is 0 Å². The largest absolute Gasteiger partial charge is 0.339 e. The van der Waals surface area contributed by atoms with E-state index in [1.54, 1.807) is 18.6 Å². The lowest BCUT2D eigenvalue weighted by Crippen LogP contribution is -2.55. The van der Waals surface area contributed by atoms with Gasteiger partial charge < -0.3 is 4.90 Å². The van der Waals surface area contributed by atoms with E-state index in [9.17, 15) is 4.79 Å². The Balaban J connectivity index is 1.16. The number of carbonyl (C=O) groups is 1. The van der Waals surface area contributed by atoms with E-state index in [2.05, 4.69) is 42.9 Å². The van der Waals surface area contributed by atoms with Gasteiger partial charge in [-0.15, -0.1) is 0 Å². The molecule has 1 aliphatic carbocycles. The molecule has 0 N–H and O–H groups in total. The van der Waals surface area contributed by atoms with E-state index in [-0.39, 0.29) is 5.91 Å². The van der Waals surface area contributed by atoms with Crippen LogP contribution in [0.1, 0.15) is 30.4 Å². The summed E-state index contributed by atoms with van der Waals surface area (Å²) >= 11 is 0. The summed E-state index contributed by atoms with van der Waals surface area (Å²) in [6.07, 6.45) is 10.3. The standard InChI is InChI=1S/C23H29N5O/c29-23(28-12-10-27(11-13-28)21-2-1-3-21)17-26-9-6-18-14-19(4-5-20(18)16-26)22-15-24-7-8-25-22/h4-5,7-8,14-15,21H,1-3,6,9-13,16-17H2. The minimum Gasteiger partial charge on any atom is -0.339 e. The maximum Gasteiger partial charge on any atom is 0.236 e. The van der Waals surface area contributed by atoms with Crippen LogP contribution in [0.25, 0.3) is 11.3 Å². The Labute approximate surface area is 172 Å². The van der Waals surface area contributed by atoms with Gasteiger partial charge in [-0.3, -0.25) is 24.6 Å². The Kier molecular flexibility index (Phi) is 5.29. The summed E-state index contributed by atoms with van der Waals surface area (Å²) in [5, 5.41) is 0. The van der Waals surface area contributed by atoms with Gasteiger partial charge in [-0.2, -0.15) is 0 Å². The first kappa shape index (κ1) is 18.7. The number of aromatic nitrogens is 2. The molecule has 0 bridgehead atoms. The number of carbonyl (C=O) groups excluding carboxylic acids is 1. The first-order valence-electron chi connectivity index (χ1n) is 10.9. The molecule has 1 saturated carbocycles. The molecular formula is C23H29N5O. The van der Waals surface area contributed by atoms with Gasteiger partial charge in [0.1, 0.15) is 0 Å². The van der Waals surface area contributed by atoms with Crippen LogP contribution >= 0.6 is 0 Å². The fourth-order valence-electron chi connectivity index (χ4n) is 4.73. The Hall–Kier alpha value is -2.31. The third-order valence-corrected chi connectivity index (χ3v) is 6.77. The molecule has 3 aliphatic rings. The molecule has 29 heavy (non-hydrogen) atoms. The van der Waals surface area contributed by atoms with Gasteiger partial charge in [-0.05, 0) is 36.5 Å². The fraction of sp³-hybridized carbons (Fsp3) is 0.522. The van der Waals surface area contributed by atoms with E-state index in [1.807, 2.05) is 0 Å². The monoisotopic (exact) mass is 391 g/mol. The lowest BCUT2D eigenvalue weighted by atomic mass is 9.91. The number of amides is 1. The molecule has 5 rings (SSSR count). The van der Waals surface area contributed by atoms with Crippen LogP contribution < -0.4 is 0 Å². The van der Waals surface area contributed by atoms with Crippen molar-refractivity contribution in [3.8, 4) is 11.3 Å². The topological polar surface area (TPSA) is 52.6 Å². The van der Waals surface area contributed by atoms with Crippen molar-refractivity contribution in [3.05, 3.63) is 47.9 Å². The van der Waals surface area contributed by atoms with Crippen molar-refractivity contribution in [1.82, 2.24) is 24.7 Å². The van der Waals surface area contributed by atoms with Crippen molar-refractivity contribution >= 4 is 5.91 Å². The van der Waals surface area contributed by atoms with E-state index in [4.69, 9.17) is 0 Å². The van der Waals surface area contributed by atoms with Gasteiger partial charge in [-0.1, -0.05) is 18.6 Å². The Morgan fingerprint density at radius 3 is 2.62 bits per heavy atom. The summed E-state index contributed by atoms with van der Waals surface area (Å²) in [6, 6.07) is 7.33. The van der Waals surface area contributed by atoms with E-state index >= 15 is 0 Å². The predicted octanol–water partition coefficient (Wildman–Crippen LogP) is 2.20. The molecule has 1 aromatic carbocycles. The molecule has 0 atom stereocenters. The maximum atomic E-state index is 12.8. The van der Waals surface area contributed by atoms with Gasteiger partial charge in [0.05, 0.1) is 18.4 Å². The van der Waals surface area contributed by atoms with Crippen molar-refractivity contribution in [2.24, 2.45) is 0 Å². The third-order valence-electron chi connectivity index (χ3n) is 6.77. The highest BCUT2D eigenvalue weighted by molar-refractivity contribution is 5.78. The Morgan fingerprint density at radius 1 is 1.03 bits per heavy atom. The molecule has 152 valence electrons. The van der Waals surface area contributed by atoms with Crippen molar-refractivity contribution in [2.75, 3.05) is 39.3 Å². The smallest absolute Gasteiger partial charge is 0.236 e. The molecule has 0 radical (unpaired) electrons. The highest BCUT2D eigenvalue weighted by Crippen LogP contribution is 2.26. The van der Waals surface area contributed by atoms with E-state index in [0.29, 0.717) is 6.54 Å². The zero-order chi connectivity index (χ0) is 19.6. The van der Waals surface area contributed by atoms with Gasteiger partial charge in [0.15, 0.2) is 0 Å². The average molecular weight is 392 g/mol. The number of fused-ring (bicyclic) bond motifs is 1. The number of nitrogens with zero attached hydrogens (tertiary/aromatic N) is 5. The van der Waals surface area contributed by atoms with Crippen molar-refractivity contribution in [1.29, 1.82) is 0 Å². The van der Waals surface area contributed by atoms with Gasteiger partial charge in [0, 0.05) is 63.3 Å². The van der Waals surface area contributed by atoms with E-state index in [1.165, 1.54) is 30.4 Å². The first-order valence-corrected chi connectivity index (χ1v) is 10.9. The van der Waals surface area contributed by atoms with Crippen molar-refractivity contribution in [3.63, 3.8) is 0 Å². The SMILES string of the molecule is O=C(CN1CCc2cc(-c3cnccn3)ccc2C1)N1CCN(C2CCC2)CC1. The maximum absolute atomic E-state index is 12.8. The summed E-state index contributed by atoms with van der Waals surface area (Å²) in [6.45, 7) is 6.20. The van der Waals surface area contributed by atoms with Crippen molar-refractivity contribution < 1.29 is 4.79 Å².